The van der Waals surface area contributed by atoms with E-state index in [0.29, 0.717) is 31.9 Å². The molecular weight excluding hydrogens is 330 g/mol. The lowest BCUT2D eigenvalue weighted by molar-refractivity contribution is 0.0303. The monoisotopic (exact) mass is 346 g/mol. The van der Waals surface area contributed by atoms with Crippen molar-refractivity contribution in [3.8, 4) is 0 Å². The second-order valence-corrected chi connectivity index (χ2v) is 5.53. The maximum absolute atomic E-state index is 13.6. The third-order valence-electron chi connectivity index (χ3n) is 3.89. The first kappa shape index (κ1) is 17.0. The molecule has 0 saturated carbocycles. The summed E-state index contributed by atoms with van der Waals surface area (Å²) in [6.07, 6.45) is 0. The number of nitrogens with zero attached hydrogens (tertiary/aromatic N) is 1. The van der Waals surface area contributed by atoms with Crippen LogP contribution in [0, 0.1) is 11.6 Å². The molecule has 1 saturated heterocycles. The summed E-state index contributed by atoms with van der Waals surface area (Å²) < 4.78 is 32.4. The van der Waals surface area contributed by atoms with E-state index in [9.17, 15) is 18.4 Å². The van der Waals surface area contributed by atoms with Gasteiger partial charge in [0.25, 0.3) is 11.8 Å². The Hall–Kier alpha value is -2.80. The van der Waals surface area contributed by atoms with Gasteiger partial charge in [0.15, 0.2) is 0 Å². The van der Waals surface area contributed by atoms with Gasteiger partial charge in [0.2, 0.25) is 0 Å². The standard InChI is InChI=1S/C18H16F2N2O3/c19-14-2-1-3-15(20)16(14)21-17(23)12-4-6-13(7-5-12)18(24)22-8-10-25-11-9-22/h1-7H,8-11H2,(H,21,23). The van der Waals surface area contributed by atoms with Crippen molar-refractivity contribution in [2.75, 3.05) is 31.6 Å². The molecule has 2 aromatic rings. The van der Waals surface area contributed by atoms with E-state index >= 15 is 0 Å². The van der Waals surface area contributed by atoms with Gasteiger partial charge < -0.3 is 15.0 Å². The fourth-order valence-corrected chi connectivity index (χ4v) is 2.52. The number of ether oxygens (including phenoxy) is 1. The van der Waals surface area contributed by atoms with Crippen LogP contribution in [0.3, 0.4) is 0 Å². The van der Waals surface area contributed by atoms with Crippen molar-refractivity contribution < 1.29 is 23.1 Å². The predicted molar refractivity (Wildman–Crippen MR) is 87.5 cm³/mol. The van der Waals surface area contributed by atoms with Crippen molar-refractivity contribution in [2.24, 2.45) is 0 Å². The van der Waals surface area contributed by atoms with Gasteiger partial charge in [-0.3, -0.25) is 9.59 Å². The zero-order valence-corrected chi connectivity index (χ0v) is 13.3. The number of amides is 2. The second-order valence-electron chi connectivity index (χ2n) is 5.53. The van der Waals surface area contributed by atoms with Gasteiger partial charge in [-0.25, -0.2) is 8.78 Å². The van der Waals surface area contributed by atoms with Gasteiger partial charge in [-0.2, -0.15) is 0 Å². The lowest BCUT2D eigenvalue weighted by Crippen LogP contribution is -2.40. The Kier molecular flexibility index (Phi) is 5.04. The Labute approximate surface area is 143 Å². The number of rotatable bonds is 3. The quantitative estimate of drug-likeness (QED) is 0.930. The Morgan fingerprint density at radius 3 is 2.08 bits per heavy atom. The first-order valence-electron chi connectivity index (χ1n) is 7.79. The van der Waals surface area contributed by atoms with E-state index in [1.54, 1.807) is 4.90 Å². The highest BCUT2D eigenvalue weighted by atomic mass is 19.1. The SMILES string of the molecule is O=C(Nc1c(F)cccc1F)c1ccc(C(=O)N2CCOCC2)cc1. The molecule has 25 heavy (non-hydrogen) atoms. The number of para-hydroxylation sites is 1. The van der Waals surface area contributed by atoms with Crippen molar-refractivity contribution in [2.45, 2.75) is 0 Å². The Balaban J connectivity index is 1.71. The highest BCUT2D eigenvalue weighted by Gasteiger charge is 2.19. The first-order valence-corrected chi connectivity index (χ1v) is 7.79. The van der Waals surface area contributed by atoms with Gasteiger partial charge >= 0.3 is 0 Å². The molecule has 1 N–H and O–H groups in total. The number of hydrogen-bond donors (Lipinski definition) is 1. The number of hydrogen-bond acceptors (Lipinski definition) is 3. The third kappa shape index (κ3) is 3.83. The first-order chi connectivity index (χ1) is 12.1. The number of benzene rings is 2. The molecule has 0 atom stereocenters. The van der Waals surface area contributed by atoms with E-state index in [1.807, 2.05) is 0 Å². The molecule has 0 unspecified atom stereocenters. The third-order valence-corrected chi connectivity index (χ3v) is 3.89. The molecule has 130 valence electrons. The van der Waals surface area contributed by atoms with Gasteiger partial charge in [-0.1, -0.05) is 6.07 Å². The van der Waals surface area contributed by atoms with E-state index in [2.05, 4.69) is 5.32 Å². The number of carbonyl (C=O) groups is 2. The summed E-state index contributed by atoms with van der Waals surface area (Å²) >= 11 is 0. The molecule has 0 radical (unpaired) electrons. The van der Waals surface area contributed by atoms with E-state index in [4.69, 9.17) is 4.74 Å². The summed E-state index contributed by atoms with van der Waals surface area (Å²) in [5.74, 6) is -2.51. The molecule has 0 aromatic heterocycles. The van der Waals surface area contributed by atoms with Gasteiger partial charge in [0, 0.05) is 24.2 Å². The van der Waals surface area contributed by atoms with Crippen LogP contribution in [-0.2, 0) is 4.74 Å². The second kappa shape index (κ2) is 7.40. The summed E-state index contributed by atoms with van der Waals surface area (Å²) in [6.45, 7) is 2.04. The molecule has 1 aliphatic rings. The molecule has 0 spiro atoms. The zero-order valence-electron chi connectivity index (χ0n) is 13.3. The summed E-state index contributed by atoms with van der Waals surface area (Å²) in [7, 11) is 0. The molecule has 5 nitrogen and oxygen atoms in total. The number of anilines is 1. The van der Waals surface area contributed by atoms with E-state index < -0.39 is 23.2 Å². The zero-order chi connectivity index (χ0) is 17.8. The van der Waals surface area contributed by atoms with Crippen LogP contribution >= 0.6 is 0 Å². The molecular formula is C18H16F2N2O3. The molecule has 0 bridgehead atoms. The van der Waals surface area contributed by atoms with Crippen LogP contribution in [0.1, 0.15) is 20.7 Å². The van der Waals surface area contributed by atoms with Gasteiger partial charge in [0.05, 0.1) is 13.2 Å². The van der Waals surface area contributed by atoms with Gasteiger partial charge in [-0.15, -0.1) is 0 Å². The molecule has 1 fully saturated rings. The van der Waals surface area contributed by atoms with E-state index in [-0.39, 0.29) is 11.5 Å². The van der Waals surface area contributed by atoms with Gasteiger partial charge in [0.1, 0.15) is 17.3 Å². The van der Waals surface area contributed by atoms with Crippen molar-refractivity contribution >= 4 is 17.5 Å². The summed E-state index contributed by atoms with van der Waals surface area (Å²) in [5, 5.41) is 2.21. The highest BCUT2D eigenvalue weighted by molar-refractivity contribution is 6.05. The number of carbonyl (C=O) groups excluding carboxylic acids is 2. The van der Waals surface area contributed by atoms with Crippen molar-refractivity contribution in [1.82, 2.24) is 4.90 Å². The topological polar surface area (TPSA) is 58.6 Å². The lowest BCUT2D eigenvalue weighted by Gasteiger charge is -2.26. The van der Waals surface area contributed by atoms with Crippen LogP contribution in [-0.4, -0.2) is 43.0 Å². The van der Waals surface area contributed by atoms with Crippen molar-refractivity contribution in [3.63, 3.8) is 0 Å². The molecule has 1 aliphatic heterocycles. The maximum atomic E-state index is 13.6. The summed E-state index contributed by atoms with van der Waals surface area (Å²) in [5.41, 5.74) is 0.137. The fourth-order valence-electron chi connectivity index (χ4n) is 2.52. The molecule has 2 aromatic carbocycles. The number of nitrogens with one attached hydrogen (secondary N) is 1. The largest absolute Gasteiger partial charge is 0.378 e. The van der Waals surface area contributed by atoms with Gasteiger partial charge in [-0.05, 0) is 36.4 Å². The molecule has 3 rings (SSSR count). The Morgan fingerprint density at radius 2 is 1.48 bits per heavy atom. The van der Waals surface area contributed by atoms with E-state index in [1.165, 1.54) is 30.3 Å². The number of halogens is 2. The van der Waals surface area contributed by atoms with Crippen LogP contribution in [0.5, 0.6) is 0 Å². The number of morpholine rings is 1. The van der Waals surface area contributed by atoms with Crippen LogP contribution in [0.4, 0.5) is 14.5 Å². The van der Waals surface area contributed by atoms with Crippen molar-refractivity contribution in [1.29, 1.82) is 0 Å². The maximum Gasteiger partial charge on any atom is 0.255 e. The average molecular weight is 346 g/mol. The fraction of sp³-hybridized carbons (Fsp3) is 0.222. The molecule has 0 aliphatic carbocycles. The van der Waals surface area contributed by atoms with Crippen LogP contribution < -0.4 is 5.32 Å². The molecule has 2 amide bonds. The predicted octanol–water partition coefficient (Wildman–Crippen LogP) is 2.69. The minimum atomic E-state index is -0.854. The van der Waals surface area contributed by atoms with E-state index in [0.717, 1.165) is 12.1 Å². The van der Waals surface area contributed by atoms with Crippen LogP contribution in [0.25, 0.3) is 0 Å². The highest BCUT2D eigenvalue weighted by Crippen LogP contribution is 2.19. The average Bonchev–Trinajstić information content (AvgIpc) is 2.65. The minimum Gasteiger partial charge on any atom is -0.378 e. The Bertz CT molecular complexity index is 767. The van der Waals surface area contributed by atoms with Crippen molar-refractivity contribution in [3.05, 3.63) is 65.2 Å². The molecule has 7 heteroatoms. The summed E-state index contributed by atoms with van der Waals surface area (Å²) in [6, 6.07) is 9.26. The van der Waals surface area contributed by atoms with Crippen LogP contribution in [0.15, 0.2) is 42.5 Å². The van der Waals surface area contributed by atoms with Crippen LogP contribution in [0.2, 0.25) is 0 Å². The normalized spacial score (nSPS) is 14.2. The summed E-state index contributed by atoms with van der Waals surface area (Å²) in [4.78, 5) is 26.2. The minimum absolute atomic E-state index is 0.143. The molecule has 1 heterocycles. The lowest BCUT2D eigenvalue weighted by atomic mass is 10.1. The smallest absolute Gasteiger partial charge is 0.255 e. The Morgan fingerprint density at radius 1 is 0.920 bits per heavy atom.